The van der Waals surface area contributed by atoms with Crippen molar-refractivity contribution in [3.63, 3.8) is 0 Å². The monoisotopic (exact) mass is 415 g/mol. The molecule has 0 aliphatic carbocycles. The van der Waals surface area contributed by atoms with Gasteiger partial charge in [0, 0.05) is 24.2 Å². The van der Waals surface area contributed by atoms with Crippen molar-refractivity contribution in [3.05, 3.63) is 65.9 Å². The Morgan fingerprint density at radius 2 is 1.92 bits per heavy atom. The van der Waals surface area contributed by atoms with Crippen LogP contribution in [0.15, 0.2) is 35.3 Å². The first-order valence-electron chi connectivity index (χ1n) is 6.75. The van der Waals surface area contributed by atoms with E-state index in [-0.39, 0.29) is 16.3 Å². The summed E-state index contributed by atoms with van der Waals surface area (Å²) in [6.07, 6.45) is 0. The van der Waals surface area contributed by atoms with Crippen molar-refractivity contribution in [2.24, 2.45) is 12.0 Å². The van der Waals surface area contributed by atoms with Gasteiger partial charge in [-0.1, -0.05) is 46.1 Å². The fourth-order valence-electron chi connectivity index (χ4n) is 2.24. The molecule has 0 spiro atoms. The van der Waals surface area contributed by atoms with E-state index >= 15 is 0 Å². The number of carbonyl (C=O) groups is 1. The van der Waals surface area contributed by atoms with Crippen molar-refractivity contribution in [1.29, 1.82) is 0 Å². The zero-order valence-electron chi connectivity index (χ0n) is 12.5. The van der Waals surface area contributed by atoms with Crippen molar-refractivity contribution in [3.8, 4) is 0 Å². The second kappa shape index (κ2) is 6.76. The van der Waals surface area contributed by atoms with Crippen LogP contribution in [0, 0.1) is 10.1 Å². The summed E-state index contributed by atoms with van der Waals surface area (Å²) in [4.78, 5) is 27.1. The number of thiazole rings is 1. The smallest absolute Gasteiger partial charge is 0.281 e. The minimum Gasteiger partial charge on any atom is -0.318 e. The number of nitrogens with zero attached hydrogens (tertiary/aromatic N) is 3. The third-order valence-corrected chi connectivity index (χ3v) is 5.32. The van der Waals surface area contributed by atoms with Crippen LogP contribution >= 0.6 is 46.1 Å². The highest BCUT2D eigenvalue weighted by molar-refractivity contribution is 7.16. The Kier molecular flexibility index (Phi) is 4.83. The summed E-state index contributed by atoms with van der Waals surface area (Å²) < 4.78 is 2.42. The maximum Gasteiger partial charge on any atom is 0.281 e. The fraction of sp³-hybridized carbons (Fsp3) is 0.0667. The number of non-ortho nitro benzene ring substituents is 1. The molecule has 1 heterocycles. The maximum absolute atomic E-state index is 12.5. The molecule has 6 nitrogen and oxygen atoms in total. The molecule has 0 N–H and O–H groups in total. The van der Waals surface area contributed by atoms with Crippen LogP contribution in [-0.4, -0.2) is 15.4 Å². The third kappa shape index (κ3) is 3.41. The summed E-state index contributed by atoms with van der Waals surface area (Å²) >= 11 is 19.4. The number of halogens is 3. The first-order valence-corrected chi connectivity index (χ1v) is 8.70. The molecule has 1 aromatic heterocycles. The number of aryl methyl sites for hydroxylation is 1. The van der Waals surface area contributed by atoms with Crippen LogP contribution in [0.3, 0.4) is 0 Å². The molecule has 2 aromatic carbocycles. The molecule has 3 rings (SSSR count). The van der Waals surface area contributed by atoms with Gasteiger partial charge in [-0.2, -0.15) is 4.99 Å². The van der Waals surface area contributed by atoms with Crippen LogP contribution in [0.2, 0.25) is 15.1 Å². The molecule has 0 radical (unpaired) electrons. The second-order valence-electron chi connectivity index (χ2n) is 5.02. The zero-order chi connectivity index (χ0) is 18.3. The van der Waals surface area contributed by atoms with Gasteiger partial charge in [0.25, 0.3) is 11.6 Å². The van der Waals surface area contributed by atoms with Gasteiger partial charge in [0.15, 0.2) is 4.80 Å². The van der Waals surface area contributed by atoms with E-state index in [2.05, 4.69) is 4.99 Å². The van der Waals surface area contributed by atoms with Gasteiger partial charge in [0.1, 0.15) is 0 Å². The molecule has 0 bridgehead atoms. The van der Waals surface area contributed by atoms with Gasteiger partial charge >= 0.3 is 0 Å². The lowest BCUT2D eigenvalue weighted by Gasteiger charge is -2.00. The number of fused-ring (bicyclic) bond motifs is 1. The first kappa shape index (κ1) is 17.9. The Morgan fingerprint density at radius 3 is 2.60 bits per heavy atom. The van der Waals surface area contributed by atoms with E-state index in [4.69, 9.17) is 34.8 Å². The Morgan fingerprint density at radius 1 is 1.20 bits per heavy atom. The lowest BCUT2D eigenvalue weighted by atomic mass is 10.2. The van der Waals surface area contributed by atoms with Crippen molar-refractivity contribution in [1.82, 2.24) is 4.57 Å². The van der Waals surface area contributed by atoms with Gasteiger partial charge in [0.05, 0.1) is 30.7 Å². The Bertz CT molecular complexity index is 1100. The molecule has 1 amide bonds. The van der Waals surface area contributed by atoms with E-state index < -0.39 is 10.8 Å². The Balaban J connectivity index is 2.16. The summed E-state index contributed by atoms with van der Waals surface area (Å²) in [5.41, 5.74) is 0.406. The number of carbonyl (C=O) groups excluding carboxylic acids is 1. The van der Waals surface area contributed by atoms with E-state index in [1.807, 2.05) is 0 Å². The van der Waals surface area contributed by atoms with E-state index in [1.165, 1.54) is 23.5 Å². The first-order chi connectivity index (χ1) is 11.8. The highest BCUT2D eigenvalue weighted by Crippen LogP contribution is 2.29. The number of benzene rings is 2. The van der Waals surface area contributed by atoms with Gasteiger partial charge < -0.3 is 4.57 Å². The highest BCUT2D eigenvalue weighted by atomic mass is 35.5. The summed E-state index contributed by atoms with van der Waals surface area (Å²) in [5, 5.41) is 11.9. The molecule has 128 valence electrons. The fourth-order valence-corrected chi connectivity index (χ4v) is 4.27. The number of hydrogen-bond donors (Lipinski definition) is 0. The number of nitro groups is 1. The van der Waals surface area contributed by atoms with E-state index in [9.17, 15) is 14.9 Å². The quantitative estimate of drug-likeness (QED) is 0.442. The van der Waals surface area contributed by atoms with E-state index in [0.29, 0.717) is 20.4 Å². The maximum atomic E-state index is 12.5. The van der Waals surface area contributed by atoms with Gasteiger partial charge in [-0.3, -0.25) is 14.9 Å². The average Bonchev–Trinajstić information content (AvgIpc) is 2.83. The van der Waals surface area contributed by atoms with Crippen molar-refractivity contribution in [2.45, 2.75) is 0 Å². The second-order valence-corrected chi connectivity index (χ2v) is 7.28. The van der Waals surface area contributed by atoms with Crippen LogP contribution in [0.25, 0.3) is 10.2 Å². The number of nitro benzene ring substituents is 1. The molecule has 0 saturated carbocycles. The minimum absolute atomic E-state index is 0.0440. The molecule has 0 saturated heterocycles. The van der Waals surface area contributed by atoms with Crippen molar-refractivity contribution < 1.29 is 9.72 Å². The minimum atomic E-state index is -0.682. The third-order valence-electron chi connectivity index (χ3n) is 3.41. The molecule has 3 aromatic rings. The SMILES string of the molecule is Cn1c(=NC(=O)c2cc([N+](=O)[O-])ccc2Cl)sc2cc(Cl)cc(Cl)c21. The van der Waals surface area contributed by atoms with Gasteiger partial charge in [-0.25, -0.2) is 0 Å². The predicted octanol–water partition coefficient (Wildman–Crippen LogP) is 4.85. The van der Waals surface area contributed by atoms with E-state index in [1.54, 1.807) is 23.7 Å². The number of aromatic nitrogens is 1. The summed E-state index contributed by atoms with van der Waals surface area (Å²) in [7, 11) is 1.71. The van der Waals surface area contributed by atoms with Crippen molar-refractivity contribution >= 4 is 68.0 Å². The number of hydrogen-bond acceptors (Lipinski definition) is 4. The summed E-state index contributed by atoms with van der Waals surface area (Å²) in [6, 6.07) is 6.94. The number of rotatable bonds is 2. The van der Waals surface area contributed by atoms with Gasteiger partial charge in [0.2, 0.25) is 0 Å². The molecular formula is C15H8Cl3N3O3S. The average molecular weight is 417 g/mol. The zero-order valence-corrected chi connectivity index (χ0v) is 15.6. The summed E-state index contributed by atoms with van der Waals surface area (Å²) in [5.74, 6) is -0.682. The molecular weight excluding hydrogens is 409 g/mol. The lowest BCUT2D eigenvalue weighted by Crippen LogP contribution is -2.13. The van der Waals surface area contributed by atoms with Crippen LogP contribution < -0.4 is 4.80 Å². The standard InChI is InChI=1S/C15H8Cl3N3O3S/c1-20-13-11(18)4-7(16)5-12(13)25-15(20)19-14(22)9-6-8(21(23)24)2-3-10(9)17/h2-6H,1H3. The van der Waals surface area contributed by atoms with E-state index in [0.717, 1.165) is 10.8 Å². The lowest BCUT2D eigenvalue weighted by molar-refractivity contribution is -0.384. The molecule has 0 aliphatic heterocycles. The molecule has 10 heteroatoms. The summed E-state index contributed by atoms with van der Waals surface area (Å²) in [6.45, 7) is 0. The largest absolute Gasteiger partial charge is 0.318 e. The molecule has 0 unspecified atom stereocenters. The highest BCUT2D eigenvalue weighted by Gasteiger charge is 2.16. The van der Waals surface area contributed by atoms with Gasteiger partial charge in [-0.15, -0.1) is 0 Å². The van der Waals surface area contributed by atoms with Crippen LogP contribution in [0.1, 0.15) is 10.4 Å². The molecule has 0 fully saturated rings. The molecule has 25 heavy (non-hydrogen) atoms. The molecule has 0 atom stereocenters. The van der Waals surface area contributed by atoms with Crippen molar-refractivity contribution in [2.75, 3.05) is 0 Å². The Hall–Kier alpha value is -1.93. The van der Waals surface area contributed by atoms with Crippen LogP contribution in [0.4, 0.5) is 5.69 Å². The topological polar surface area (TPSA) is 77.5 Å². The predicted molar refractivity (Wildman–Crippen MR) is 98.8 cm³/mol. The molecule has 0 aliphatic rings. The Labute approximate surface area is 160 Å². The van der Waals surface area contributed by atoms with Crippen LogP contribution in [0.5, 0.6) is 0 Å². The number of amides is 1. The van der Waals surface area contributed by atoms with Crippen LogP contribution in [-0.2, 0) is 7.05 Å². The normalized spacial score (nSPS) is 11.9. The van der Waals surface area contributed by atoms with Gasteiger partial charge in [-0.05, 0) is 18.2 Å².